The molecule has 0 radical (unpaired) electrons. The van der Waals surface area contributed by atoms with Gasteiger partial charge in [0.25, 0.3) is 0 Å². The Morgan fingerprint density at radius 2 is 1.74 bits per heavy atom. The van der Waals surface area contributed by atoms with Crippen molar-refractivity contribution in [2.24, 2.45) is 0 Å². The topological polar surface area (TPSA) is 115 Å². The monoisotopic (exact) mass is 537 g/mol. The molecule has 208 valence electrons. The Labute approximate surface area is 227 Å². The van der Waals surface area contributed by atoms with Gasteiger partial charge in [-0.05, 0) is 45.9 Å². The number of hydrogen-bond acceptors (Lipinski definition) is 10. The van der Waals surface area contributed by atoms with Crippen LogP contribution < -0.4 is 9.80 Å². The van der Waals surface area contributed by atoms with Crippen molar-refractivity contribution >= 4 is 29.2 Å². The largest absolute Gasteiger partial charge is 0.461 e. The number of amides is 1. The Balaban J connectivity index is 1.40. The quantitative estimate of drug-likeness (QED) is 0.450. The zero-order valence-corrected chi connectivity index (χ0v) is 22.9. The van der Waals surface area contributed by atoms with Gasteiger partial charge in [-0.25, -0.2) is 24.1 Å². The first-order valence-corrected chi connectivity index (χ1v) is 13.3. The first kappa shape index (κ1) is 26.7. The van der Waals surface area contributed by atoms with Crippen LogP contribution in [0.4, 0.5) is 16.3 Å². The van der Waals surface area contributed by atoms with E-state index in [0.29, 0.717) is 56.3 Å². The highest BCUT2D eigenvalue weighted by atomic mass is 16.6. The minimum Gasteiger partial charge on any atom is -0.461 e. The van der Waals surface area contributed by atoms with Crippen molar-refractivity contribution in [2.75, 3.05) is 68.9 Å². The summed E-state index contributed by atoms with van der Waals surface area (Å²) >= 11 is 0. The van der Waals surface area contributed by atoms with E-state index in [1.165, 1.54) is 0 Å². The number of hydrogen-bond donors (Lipinski definition) is 0. The van der Waals surface area contributed by atoms with Crippen molar-refractivity contribution in [3.63, 3.8) is 0 Å². The molecule has 0 unspecified atom stereocenters. The minimum atomic E-state index is -0.524. The third-order valence-electron chi connectivity index (χ3n) is 6.60. The van der Waals surface area contributed by atoms with Gasteiger partial charge in [0, 0.05) is 51.0 Å². The van der Waals surface area contributed by atoms with Gasteiger partial charge in [0.05, 0.1) is 31.7 Å². The molecule has 12 nitrogen and oxygen atoms in total. The molecule has 2 aliphatic heterocycles. The van der Waals surface area contributed by atoms with Gasteiger partial charge in [-0.3, -0.25) is 0 Å². The zero-order valence-electron chi connectivity index (χ0n) is 22.9. The maximum Gasteiger partial charge on any atom is 0.410 e. The van der Waals surface area contributed by atoms with Gasteiger partial charge in [0.2, 0.25) is 0 Å². The molecule has 5 rings (SSSR count). The summed E-state index contributed by atoms with van der Waals surface area (Å²) in [5, 5.41) is 4.54. The molecule has 0 spiro atoms. The van der Waals surface area contributed by atoms with E-state index in [9.17, 15) is 9.59 Å². The molecule has 2 fully saturated rings. The number of esters is 1. The highest BCUT2D eigenvalue weighted by molar-refractivity contribution is 5.96. The molecular formula is C27H35N7O5. The molecule has 3 aromatic heterocycles. The highest BCUT2D eigenvalue weighted by Crippen LogP contribution is 2.30. The summed E-state index contributed by atoms with van der Waals surface area (Å²) in [4.78, 5) is 40.8. The van der Waals surface area contributed by atoms with Gasteiger partial charge in [-0.1, -0.05) is 0 Å². The fourth-order valence-corrected chi connectivity index (χ4v) is 4.75. The minimum absolute atomic E-state index is 0.200. The van der Waals surface area contributed by atoms with Gasteiger partial charge < -0.3 is 28.9 Å². The fraction of sp³-hybridized carbons (Fsp3) is 0.519. The second-order valence-electron chi connectivity index (χ2n) is 10.4. The average Bonchev–Trinajstić information content (AvgIpc) is 3.33. The van der Waals surface area contributed by atoms with Crippen molar-refractivity contribution in [2.45, 2.75) is 33.3 Å². The molecule has 2 aliphatic rings. The van der Waals surface area contributed by atoms with Crippen molar-refractivity contribution in [1.29, 1.82) is 0 Å². The van der Waals surface area contributed by atoms with E-state index in [2.05, 4.69) is 14.9 Å². The van der Waals surface area contributed by atoms with Crippen molar-refractivity contribution in [3.05, 3.63) is 36.3 Å². The second-order valence-corrected chi connectivity index (χ2v) is 10.4. The molecule has 0 aliphatic carbocycles. The number of imidazole rings is 1. The molecule has 5 heterocycles. The Kier molecular flexibility index (Phi) is 7.56. The summed E-state index contributed by atoms with van der Waals surface area (Å²) in [6.45, 7) is 12.7. The number of fused-ring (bicyclic) bond motifs is 1. The molecule has 0 saturated carbocycles. The Hall–Kier alpha value is -3.93. The van der Waals surface area contributed by atoms with E-state index >= 15 is 0 Å². The molecule has 2 saturated heterocycles. The van der Waals surface area contributed by atoms with Crippen LogP contribution in [0.25, 0.3) is 16.9 Å². The second kappa shape index (κ2) is 11.0. The lowest BCUT2D eigenvalue weighted by Gasteiger charge is -2.36. The van der Waals surface area contributed by atoms with Crippen LogP contribution in [-0.2, 0) is 14.2 Å². The number of rotatable bonds is 5. The van der Waals surface area contributed by atoms with Crippen LogP contribution in [-0.4, -0.2) is 101 Å². The van der Waals surface area contributed by atoms with Crippen LogP contribution in [0, 0.1) is 0 Å². The molecule has 0 bridgehead atoms. The number of piperazine rings is 1. The molecule has 0 aromatic carbocycles. The Morgan fingerprint density at radius 1 is 1.00 bits per heavy atom. The van der Waals surface area contributed by atoms with Gasteiger partial charge in [0.15, 0.2) is 11.3 Å². The fourth-order valence-electron chi connectivity index (χ4n) is 4.75. The van der Waals surface area contributed by atoms with Gasteiger partial charge in [-0.15, -0.1) is 0 Å². The molecule has 0 N–H and O–H groups in total. The van der Waals surface area contributed by atoms with Crippen molar-refractivity contribution in [3.8, 4) is 11.3 Å². The third kappa shape index (κ3) is 5.75. The SMILES string of the molecule is CCOC(=O)c1nc2c(N3CCOCC3)ccnn2c1-c1ccc(N2CCN(C(=O)OC(C)(C)C)CC2)nc1. The van der Waals surface area contributed by atoms with Gasteiger partial charge in [0.1, 0.15) is 17.1 Å². The first-order chi connectivity index (χ1) is 18.7. The molecule has 3 aromatic rings. The summed E-state index contributed by atoms with van der Waals surface area (Å²) in [5.41, 5.74) is 2.38. The predicted octanol–water partition coefficient (Wildman–Crippen LogP) is 2.86. The van der Waals surface area contributed by atoms with Crippen molar-refractivity contribution in [1.82, 2.24) is 24.5 Å². The third-order valence-corrected chi connectivity index (χ3v) is 6.60. The predicted molar refractivity (Wildman–Crippen MR) is 145 cm³/mol. The van der Waals surface area contributed by atoms with E-state index in [0.717, 1.165) is 24.6 Å². The summed E-state index contributed by atoms with van der Waals surface area (Å²) < 4.78 is 18.0. The lowest BCUT2D eigenvalue weighted by atomic mass is 10.1. The number of aromatic nitrogens is 4. The number of anilines is 2. The normalized spacial score (nSPS) is 16.5. The standard InChI is InChI=1S/C27H35N7O5/c1-5-38-25(35)22-23(34-24(30-22)20(8-9-29-34)31-14-16-37-17-15-31)19-6-7-21(28-18-19)32-10-12-33(13-11-32)26(36)39-27(2,3)4/h6-9,18H,5,10-17H2,1-4H3. The Morgan fingerprint density at radius 3 is 2.38 bits per heavy atom. The Bertz CT molecular complexity index is 1320. The van der Waals surface area contributed by atoms with Crippen LogP contribution in [0.1, 0.15) is 38.2 Å². The van der Waals surface area contributed by atoms with Crippen LogP contribution in [0.5, 0.6) is 0 Å². The zero-order chi connectivity index (χ0) is 27.6. The van der Waals surface area contributed by atoms with E-state index < -0.39 is 11.6 Å². The number of nitrogens with zero attached hydrogens (tertiary/aromatic N) is 7. The average molecular weight is 538 g/mol. The lowest BCUT2D eigenvalue weighted by molar-refractivity contribution is 0.0240. The van der Waals surface area contributed by atoms with Gasteiger partial charge >= 0.3 is 12.1 Å². The molecule has 12 heteroatoms. The summed E-state index contributed by atoms with van der Waals surface area (Å²) in [6, 6.07) is 5.74. The van der Waals surface area contributed by atoms with E-state index in [4.69, 9.17) is 24.2 Å². The molecule has 39 heavy (non-hydrogen) atoms. The summed E-state index contributed by atoms with van der Waals surface area (Å²) in [7, 11) is 0. The van der Waals surface area contributed by atoms with Gasteiger partial charge in [-0.2, -0.15) is 5.10 Å². The molecule has 0 atom stereocenters. The van der Waals surface area contributed by atoms with E-state index in [-0.39, 0.29) is 18.4 Å². The summed E-state index contributed by atoms with van der Waals surface area (Å²) in [5.74, 6) is 0.282. The molecule has 1 amide bonds. The first-order valence-electron chi connectivity index (χ1n) is 13.3. The number of ether oxygens (including phenoxy) is 3. The lowest BCUT2D eigenvalue weighted by Crippen LogP contribution is -2.50. The van der Waals surface area contributed by atoms with Crippen LogP contribution in [0.15, 0.2) is 30.6 Å². The highest BCUT2D eigenvalue weighted by Gasteiger charge is 2.28. The van der Waals surface area contributed by atoms with E-state index in [1.807, 2.05) is 39.0 Å². The molecular weight excluding hydrogens is 502 g/mol. The van der Waals surface area contributed by atoms with Crippen LogP contribution in [0.3, 0.4) is 0 Å². The van der Waals surface area contributed by atoms with Crippen molar-refractivity contribution < 1.29 is 23.8 Å². The maximum atomic E-state index is 13.0. The summed E-state index contributed by atoms with van der Waals surface area (Å²) in [6.07, 6.45) is 3.14. The number of carbonyl (C=O) groups is 2. The van der Waals surface area contributed by atoms with E-state index in [1.54, 1.807) is 28.7 Å². The van der Waals surface area contributed by atoms with Crippen LogP contribution in [0.2, 0.25) is 0 Å². The van der Waals surface area contributed by atoms with Crippen LogP contribution >= 0.6 is 0 Å². The number of morpholine rings is 1. The maximum absolute atomic E-state index is 13.0. The number of pyridine rings is 1. The smallest absolute Gasteiger partial charge is 0.410 e. The number of carbonyl (C=O) groups excluding carboxylic acids is 2.